The molecule has 1 fully saturated rings. The topological polar surface area (TPSA) is 116 Å². The highest BCUT2D eigenvalue weighted by atomic mass is 32.2. The minimum atomic E-state index is -3.77. The fourth-order valence-electron chi connectivity index (χ4n) is 3.12. The SMILES string of the molecule is Cc1oncc1Cn1c(=O)c2cc(S(=O)(=O)NC3(C)CC3)ccc2n(C)c1=O. The molecule has 0 amide bonds. The van der Waals surface area contributed by atoms with Crippen LogP contribution in [0.3, 0.4) is 0 Å². The van der Waals surface area contributed by atoms with Gasteiger partial charge in [0.25, 0.3) is 5.56 Å². The number of fused-ring (bicyclic) bond motifs is 1. The summed E-state index contributed by atoms with van der Waals surface area (Å²) in [5, 5.41) is 3.81. The predicted octanol–water partition coefficient (Wildman–Crippen LogP) is 0.876. The Balaban J connectivity index is 1.87. The Bertz CT molecular complexity index is 1310. The van der Waals surface area contributed by atoms with Crippen LogP contribution < -0.4 is 16.0 Å². The largest absolute Gasteiger partial charge is 0.361 e. The van der Waals surface area contributed by atoms with Crippen LogP contribution in [-0.4, -0.2) is 28.2 Å². The lowest BCUT2D eigenvalue weighted by molar-refractivity contribution is 0.395. The van der Waals surface area contributed by atoms with Crippen molar-refractivity contribution in [2.45, 2.75) is 43.7 Å². The fraction of sp³-hybridized carbons (Fsp3) is 0.389. The van der Waals surface area contributed by atoms with E-state index in [-0.39, 0.29) is 16.8 Å². The summed E-state index contributed by atoms with van der Waals surface area (Å²) in [7, 11) is -2.23. The van der Waals surface area contributed by atoms with Gasteiger partial charge in [-0.25, -0.2) is 17.9 Å². The van der Waals surface area contributed by atoms with Crippen LogP contribution in [0.1, 0.15) is 31.1 Å². The molecule has 0 atom stereocenters. The van der Waals surface area contributed by atoms with Gasteiger partial charge in [0.15, 0.2) is 0 Å². The lowest BCUT2D eigenvalue weighted by atomic mass is 10.2. The third-order valence-corrected chi connectivity index (χ3v) is 6.83. The van der Waals surface area contributed by atoms with Gasteiger partial charge in [0, 0.05) is 18.2 Å². The zero-order chi connectivity index (χ0) is 20.3. The highest BCUT2D eigenvalue weighted by Crippen LogP contribution is 2.36. The molecular weight excluding hydrogens is 384 g/mol. The molecule has 1 N–H and O–H groups in total. The molecule has 0 spiro atoms. The average molecular weight is 404 g/mol. The smallest absolute Gasteiger partial charge is 0.331 e. The summed E-state index contributed by atoms with van der Waals surface area (Å²) >= 11 is 0. The Morgan fingerprint density at radius 3 is 2.61 bits per heavy atom. The van der Waals surface area contributed by atoms with Crippen molar-refractivity contribution in [2.24, 2.45) is 7.05 Å². The Labute approximate surface area is 160 Å². The first kappa shape index (κ1) is 18.6. The molecule has 10 heteroatoms. The van der Waals surface area contributed by atoms with E-state index in [0.717, 1.165) is 17.4 Å². The molecule has 0 aliphatic heterocycles. The molecule has 4 rings (SSSR count). The molecule has 2 heterocycles. The maximum Gasteiger partial charge on any atom is 0.331 e. The molecule has 1 aromatic carbocycles. The van der Waals surface area contributed by atoms with E-state index < -0.39 is 26.8 Å². The third kappa shape index (κ3) is 3.08. The second kappa shape index (κ2) is 6.14. The van der Waals surface area contributed by atoms with E-state index in [1.54, 1.807) is 14.0 Å². The zero-order valence-electron chi connectivity index (χ0n) is 15.7. The molecule has 0 radical (unpaired) electrons. The molecular formula is C18H20N4O5S. The standard InChI is InChI=1S/C18H20N4O5S/c1-11-12(9-19-27-11)10-22-16(23)14-8-13(4-5-15(14)21(3)17(22)24)28(25,26)20-18(2)6-7-18/h4-5,8-9,20H,6-7,10H2,1-3H3. The van der Waals surface area contributed by atoms with Gasteiger partial charge in [-0.15, -0.1) is 0 Å². The maximum absolute atomic E-state index is 13.0. The summed E-state index contributed by atoms with van der Waals surface area (Å²) in [6.45, 7) is 3.52. The summed E-state index contributed by atoms with van der Waals surface area (Å²) in [5.74, 6) is 0.507. The lowest BCUT2D eigenvalue weighted by Gasteiger charge is -2.14. The van der Waals surface area contributed by atoms with Gasteiger partial charge in [-0.1, -0.05) is 5.16 Å². The average Bonchev–Trinajstić information content (AvgIpc) is 3.22. The lowest BCUT2D eigenvalue weighted by Crippen LogP contribution is -2.39. The van der Waals surface area contributed by atoms with Crippen LogP contribution in [0.2, 0.25) is 0 Å². The monoisotopic (exact) mass is 404 g/mol. The van der Waals surface area contributed by atoms with Crippen molar-refractivity contribution in [2.75, 3.05) is 0 Å². The van der Waals surface area contributed by atoms with Crippen LogP contribution in [0.25, 0.3) is 10.9 Å². The van der Waals surface area contributed by atoms with Crippen LogP contribution >= 0.6 is 0 Å². The molecule has 28 heavy (non-hydrogen) atoms. The van der Waals surface area contributed by atoms with Crippen molar-refractivity contribution in [3.63, 3.8) is 0 Å². The number of hydrogen-bond acceptors (Lipinski definition) is 6. The molecule has 1 aliphatic rings. The number of nitrogens with zero attached hydrogens (tertiary/aromatic N) is 3. The molecule has 9 nitrogen and oxygen atoms in total. The van der Waals surface area contributed by atoms with Crippen LogP contribution in [0, 0.1) is 6.92 Å². The van der Waals surface area contributed by atoms with Crippen LogP contribution in [0.5, 0.6) is 0 Å². The minimum absolute atomic E-state index is 0.00316. The number of benzene rings is 1. The molecule has 1 saturated carbocycles. The number of nitrogens with one attached hydrogen (secondary N) is 1. The summed E-state index contributed by atoms with van der Waals surface area (Å²) in [4.78, 5) is 25.7. The minimum Gasteiger partial charge on any atom is -0.361 e. The van der Waals surface area contributed by atoms with Crippen molar-refractivity contribution in [1.29, 1.82) is 0 Å². The highest BCUT2D eigenvalue weighted by Gasteiger charge is 2.41. The van der Waals surface area contributed by atoms with Crippen LogP contribution in [0.15, 0.2) is 43.4 Å². The third-order valence-electron chi connectivity index (χ3n) is 5.19. The van der Waals surface area contributed by atoms with E-state index in [1.807, 2.05) is 6.92 Å². The maximum atomic E-state index is 13.0. The van der Waals surface area contributed by atoms with Crippen LogP contribution in [0.4, 0.5) is 0 Å². The molecule has 2 aromatic heterocycles. The molecule has 0 saturated heterocycles. The first-order valence-corrected chi connectivity index (χ1v) is 10.3. The summed E-state index contributed by atoms with van der Waals surface area (Å²) in [6.07, 6.45) is 3.00. The normalized spacial score (nSPS) is 15.8. The molecule has 0 unspecified atom stereocenters. The van der Waals surface area contributed by atoms with Gasteiger partial charge < -0.3 is 4.52 Å². The van der Waals surface area contributed by atoms with E-state index in [9.17, 15) is 18.0 Å². The first-order valence-electron chi connectivity index (χ1n) is 8.79. The molecule has 148 valence electrons. The van der Waals surface area contributed by atoms with E-state index in [4.69, 9.17) is 4.52 Å². The van der Waals surface area contributed by atoms with E-state index in [1.165, 1.54) is 29.0 Å². The Hall–Kier alpha value is -2.72. The van der Waals surface area contributed by atoms with Gasteiger partial charge in [-0.05, 0) is 44.9 Å². The summed E-state index contributed by atoms with van der Waals surface area (Å²) in [6, 6.07) is 4.21. The Morgan fingerprint density at radius 2 is 2.00 bits per heavy atom. The Morgan fingerprint density at radius 1 is 1.29 bits per heavy atom. The van der Waals surface area contributed by atoms with E-state index in [2.05, 4.69) is 9.88 Å². The van der Waals surface area contributed by atoms with Crippen molar-refractivity contribution in [1.82, 2.24) is 19.0 Å². The van der Waals surface area contributed by atoms with Gasteiger partial charge >= 0.3 is 5.69 Å². The zero-order valence-corrected chi connectivity index (χ0v) is 16.5. The fourth-order valence-corrected chi connectivity index (χ4v) is 4.61. The number of aryl methyl sites for hydroxylation is 2. The second-order valence-corrected chi connectivity index (χ2v) is 9.17. The number of hydrogen-bond donors (Lipinski definition) is 1. The quantitative estimate of drug-likeness (QED) is 0.675. The van der Waals surface area contributed by atoms with Crippen molar-refractivity contribution < 1.29 is 12.9 Å². The first-order chi connectivity index (χ1) is 13.1. The van der Waals surface area contributed by atoms with Crippen LogP contribution in [-0.2, 0) is 23.6 Å². The van der Waals surface area contributed by atoms with Gasteiger partial charge in [0.2, 0.25) is 10.0 Å². The van der Waals surface area contributed by atoms with E-state index >= 15 is 0 Å². The molecule has 0 bridgehead atoms. The van der Waals surface area contributed by atoms with Gasteiger partial charge in [0.1, 0.15) is 5.76 Å². The molecule has 3 aromatic rings. The molecule has 1 aliphatic carbocycles. The van der Waals surface area contributed by atoms with Crippen molar-refractivity contribution in [3.05, 3.63) is 56.6 Å². The summed E-state index contributed by atoms with van der Waals surface area (Å²) < 4.78 is 35.4. The summed E-state index contributed by atoms with van der Waals surface area (Å²) in [5.41, 5.74) is -0.523. The van der Waals surface area contributed by atoms with Gasteiger partial charge in [-0.2, -0.15) is 0 Å². The Kier molecular flexibility index (Phi) is 4.09. The predicted molar refractivity (Wildman–Crippen MR) is 102 cm³/mol. The van der Waals surface area contributed by atoms with Gasteiger partial charge in [-0.3, -0.25) is 13.9 Å². The van der Waals surface area contributed by atoms with Crippen molar-refractivity contribution in [3.8, 4) is 0 Å². The van der Waals surface area contributed by atoms with Gasteiger partial charge in [0.05, 0.1) is 28.5 Å². The number of sulfonamides is 1. The number of aromatic nitrogens is 3. The second-order valence-electron chi connectivity index (χ2n) is 7.49. The number of rotatable bonds is 5. The van der Waals surface area contributed by atoms with E-state index in [0.29, 0.717) is 16.8 Å². The van der Waals surface area contributed by atoms with Crippen molar-refractivity contribution >= 4 is 20.9 Å². The highest BCUT2D eigenvalue weighted by molar-refractivity contribution is 7.89.